The molecule has 3 aromatic carbocycles. The van der Waals surface area contributed by atoms with Crippen LogP contribution in [0.25, 0.3) is 11.1 Å². The number of carbonyl (C=O) groups is 3. The molecule has 3 aromatic rings. The first-order chi connectivity index (χ1) is 19.9. The molecular formula is C29H26F6N2O5S. The summed E-state index contributed by atoms with van der Waals surface area (Å²) < 4.78 is 85.5. The molecule has 2 amide bonds. The van der Waals surface area contributed by atoms with Gasteiger partial charge in [-0.1, -0.05) is 31.6 Å². The van der Waals surface area contributed by atoms with Gasteiger partial charge in [0.1, 0.15) is 16.5 Å². The number of amides is 2. The molecule has 0 heterocycles. The van der Waals surface area contributed by atoms with Crippen molar-refractivity contribution in [3.63, 3.8) is 0 Å². The van der Waals surface area contributed by atoms with Crippen molar-refractivity contribution in [3.05, 3.63) is 77.6 Å². The van der Waals surface area contributed by atoms with Crippen LogP contribution in [0.1, 0.15) is 40.0 Å². The van der Waals surface area contributed by atoms with Crippen molar-refractivity contribution in [2.75, 3.05) is 12.4 Å². The first-order valence-electron chi connectivity index (χ1n) is 13.1. The quantitative estimate of drug-likeness (QED) is 0.223. The van der Waals surface area contributed by atoms with E-state index < -0.39 is 50.7 Å². The first-order valence-corrected chi connectivity index (χ1v) is 15.1. The van der Waals surface area contributed by atoms with Gasteiger partial charge in [0, 0.05) is 23.4 Å². The van der Waals surface area contributed by atoms with Gasteiger partial charge in [0.05, 0.1) is 24.2 Å². The lowest BCUT2D eigenvalue weighted by Gasteiger charge is -2.40. The number of carboxylic acids is 1. The maximum absolute atomic E-state index is 15.0. The van der Waals surface area contributed by atoms with Gasteiger partial charge in [-0.3, -0.25) is 9.59 Å². The van der Waals surface area contributed by atoms with E-state index in [-0.39, 0.29) is 52.1 Å². The van der Waals surface area contributed by atoms with E-state index in [1.807, 2.05) is 0 Å². The average Bonchev–Trinajstić information content (AvgIpc) is 3.54. The van der Waals surface area contributed by atoms with Gasteiger partial charge in [0.2, 0.25) is 5.91 Å². The zero-order valence-corrected chi connectivity index (χ0v) is 23.3. The van der Waals surface area contributed by atoms with Crippen LogP contribution in [-0.4, -0.2) is 36.0 Å². The van der Waals surface area contributed by atoms with Crippen LogP contribution in [-0.2, 0) is 4.79 Å². The molecule has 0 aliphatic heterocycles. The third-order valence-corrected chi connectivity index (χ3v) is 9.22. The molecule has 4 atom stereocenters. The molecule has 2 fully saturated rings. The number of carbonyl (C=O) groups excluding carboxylic acids is 2. The molecule has 14 heteroatoms. The van der Waals surface area contributed by atoms with E-state index in [4.69, 9.17) is 9.84 Å². The minimum absolute atomic E-state index is 0.00762. The van der Waals surface area contributed by atoms with E-state index in [0.717, 1.165) is 24.6 Å². The number of benzene rings is 3. The number of rotatable bonds is 8. The molecule has 5 rings (SSSR count). The Morgan fingerprint density at radius 3 is 2.12 bits per heavy atom. The summed E-state index contributed by atoms with van der Waals surface area (Å²) in [5.74, 6) is -4.15. The van der Waals surface area contributed by atoms with Gasteiger partial charge in [-0.2, -0.15) is 0 Å². The molecule has 0 spiro atoms. The molecule has 2 saturated carbocycles. The number of hydrogen-bond donors (Lipinski definition) is 3. The first kappa shape index (κ1) is 30.3. The number of hydrogen-bond acceptors (Lipinski definition) is 4. The molecule has 0 radical (unpaired) electrons. The van der Waals surface area contributed by atoms with Gasteiger partial charge < -0.3 is 20.5 Å². The van der Waals surface area contributed by atoms with E-state index in [1.165, 1.54) is 37.4 Å². The lowest BCUT2D eigenvalue weighted by molar-refractivity contribution is -0.122. The second kappa shape index (κ2) is 9.93. The van der Waals surface area contributed by atoms with Crippen molar-refractivity contribution in [1.29, 1.82) is 0 Å². The van der Waals surface area contributed by atoms with Gasteiger partial charge in [0.15, 0.2) is 0 Å². The number of ether oxygens (including phenoxy) is 1. The van der Waals surface area contributed by atoms with Crippen LogP contribution in [0.4, 0.5) is 29.5 Å². The van der Waals surface area contributed by atoms with E-state index in [9.17, 15) is 38.2 Å². The lowest BCUT2D eigenvalue weighted by Crippen LogP contribution is -2.48. The average molecular weight is 629 g/mol. The Bertz CT molecular complexity index is 1620. The third kappa shape index (κ3) is 6.14. The van der Waals surface area contributed by atoms with Gasteiger partial charge in [-0.25, -0.2) is 9.18 Å². The molecule has 0 saturated heterocycles. The Morgan fingerprint density at radius 2 is 1.53 bits per heavy atom. The maximum atomic E-state index is 15.0. The Labute approximate surface area is 242 Å². The molecule has 2 aliphatic rings. The number of fused-ring (bicyclic) bond motifs is 2. The molecule has 43 heavy (non-hydrogen) atoms. The van der Waals surface area contributed by atoms with Crippen LogP contribution in [0.5, 0.6) is 5.75 Å². The SMILES string of the molecule is COc1cc(F)c(-c2ccc(C(=O)O)cc2)cc1C(=O)N[C@@H]1[C@H]2CC[C@H](C2)[C@@H]1C(=O)Nc1ccc(S(F)(F)(F)(F)F)cc1. The van der Waals surface area contributed by atoms with Gasteiger partial charge >= 0.3 is 16.2 Å². The van der Waals surface area contributed by atoms with Crippen LogP contribution in [0.15, 0.2) is 65.6 Å². The van der Waals surface area contributed by atoms with Crippen molar-refractivity contribution in [3.8, 4) is 16.9 Å². The molecule has 7 nitrogen and oxygen atoms in total. The lowest BCUT2D eigenvalue weighted by atomic mass is 9.83. The zero-order chi connectivity index (χ0) is 31.4. The fraction of sp³-hybridized carbons (Fsp3) is 0.276. The standard InChI is InChI=1S/C29H26F6N2O5S/c1-42-24-14-23(30)21(15-2-4-16(5-3-15)29(40)41)13-22(24)27(38)37-26-18-7-6-17(12-18)25(26)28(39)36-19-8-10-20(11-9-19)43(31,32,33,34)35/h2-5,8-11,13-14,17-18,25-26H,6-7,12H2,1H3,(H,36,39)(H,37,38)(H,40,41)/t17-,18+,25+,26-/m1/s1. The monoisotopic (exact) mass is 628 g/mol. The predicted octanol–water partition coefficient (Wildman–Crippen LogP) is 7.64. The number of carboxylic acid groups (broad SMARTS) is 1. The van der Waals surface area contributed by atoms with Crippen molar-refractivity contribution < 1.29 is 48.0 Å². The summed E-state index contributed by atoms with van der Waals surface area (Å²) in [6.45, 7) is 0. The molecule has 0 unspecified atom stereocenters. The Balaban J connectivity index is 1.37. The fourth-order valence-corrected chi connectivity index (χ4v) is 6.69. The molecule has 3 N–H and O–H groups in total. The summed E-state index contributed by atoms with van der Waals surface area (Å²) in [5.41, 5.74) is 0.177. The predicted molar refractivity (Wildman–Crippen MR) is 147 cm³/mol. The van der Waals surface area contributed by atoms with Crippen molar-refractivity contribution in [2.45, 2.75) is 30.2 Å². The van der Waals surface area contributed by atoms with E-state index in [1.54, 1.807) is 0 Å². The second-order valence-corrected chi connectivity index (χ2v) is 13.2. The summed E-state index contributed by atoms with van der Waals surface area (Å²) in [5, 5.41) is 14.5. The highest BCUT2D eigenvalue weighted by Crippen LogP contribution is 3.02. The zero-order valence-electron chi connectivity index (χ0n) is 22.5. The second-order valence-electron chi connectivity index (χ2n) is 10.8. The van der Waals surface area contributed by atoms with E-state index in [0.29, 0.717) is 18.4 Å². The van der Waals surface area contributed by atoms with Crippen LogP contribution in [0.2, 0.25) is 0 Å². The molecule has 0 aromatic heterocycles. The summed E-state index contributed by atoms with van der Waals surface area (Å²) >= 11 is 0. The van der Waals surface area contributed by atoms with Crippen LogP contribution < -0.4 is 15.4 Å². The van der Waals surface area contributed by atoms with Crippen LogP contribution in [0.3, 0.4) is 0 Å². The minimum Gasteiger partial charge on any atom is -0.496 e. The third-order valence-electron chi connectivity index (χ3n) is 8.06. The number of methoxy groups -OCH3 is 1. The normalized spacial score (nSPS) is 22.8. The van der Waals surface area contributed by atoms with E-state index >= 15 is 0 Å². The highest BCUT2D eigenvalue weighted by molar-refractivity contribution is 8.45. The highest BCUT2D eigenvalue weighted by Gasteiger charge is 2.65. The summed E-state index contributed by atoms with van der Waals surface area (Å²) in [7, 11) is -8.62. The maximum Gasteiger partial charge on any atom is 0.335 e. The Morgan fingerprint density at radius 1 is 0.907 bits per heavy atom. The smallest absolute Gasteiger partial charge is 0.335 e. The van der Waals surface area contributed by atoms with Crippen LogP contribution >= 0.6 is 10.2 Å². The molecule has 2 aliphatic carbocycles. The Hall–Kier alpha value is -4.20. The van der Waals surface area contributed by atoms with Gasteiger partial charge in [0.25, 0.3) is 5.91 Å². The van der Waals surface area contributed by atoms with Crippen molar-refractivity contribution in [2.24, 2.45) is 17.8 Å². The summed E-state index contributed by atoms with van der Waals surface area (Å²) in [4.78, 5) is 35.9. The number of nitrogens with one attached hydrogen (secondary N) is 2. The molecule has 230 valence electrons. The van der Waals surface area contributed by atoms with Gasteiger partial charge in [-0.15, -0.1) is 0 Å². The van der Waals surface area contributed by atoms with E-state index in [2.05, 4.69) is 10.6 Å². The Kier molecular flexibility index (Phi) is 6.99. The number of anilines is 1. The topological polar surface area (TPSA) is 105 Å². The fourth-order valence-electron chi connectivity index (χ4n) is 6.04. The summed E-state index contributed by atoms with van der Waals surface area (Å²) in [6, 6.07) is 8.94. The van der Waals surface area contributed by atoms with Crippen molar-refractivity contribution >= 4 is 33.7 Å². The number of halogens is 6. The van der Waals surface area contributed by atoms with Gasteiger partial charge in [-0.05, 0) is 79.1 Å². The molecule has 2 bridgehead atoms. The van der Waals surface area contributed by atoms with Crippen LogP contribution in [0, 0.1) is 23.6 Å². The number of aromatic carboxylic acids is 1. The molecular weight excluding hydrogens is 602 g/mol. The van der Waals surface area contributed by atoms with Crippen molar-refractivity contribution in [1.82, 2.24) is 5.32 Å². The highest BCUT2D eigenvalue weighted by atomic mass is 32.5. The largest absolute Gasteiger partial charge is 0.496 e. The minimum atomic E-state index is -9.87. The summed E-state index contributed by atoms with van der Waals surface area (Å²) in [6.07, 6.45) is 2.03.